The molecule has 0 saturated heterocycles. The van der Waals surface area contributed by atoms with E-state index in [9.17, 15) is 9.59 Å². The van der Waals surface area contributed by atoms with E-state index in [1.54, 1.807) is 31.3 Å². The number of nitrogens with zero attached hydrogens (tertiary/aromatic N) is 3. The number of aromatic nitrogens is 1. The number of carbonyl (C=O) groups excluding carboxylic acids is 2. The number of hydrogen-bond donors (Lipinski definition) is 0. The molecule has 1 aliphatic heterocycles. The van der Waals surface area contributed by atoms with E-state index >= 15 is 0 Å². The van der Waals surface area contributed by atoms with Gasteiger partial charge in [0.1, 0.15) is 29.8 Å². The van der Waals surface area contributed by atoms with Crippen LogP contribution in [-0.2, 0) is 4.79 Å². The zero-order valence-electron chi connectivity index (χ0n) is 24.9. The summed E-state index contributed by atoms with van der Waals surface area (Å²) in [4.78, 5) is 31.9. The second-order valence-electron chi connectivity index (χ2n) is 11.0. The Morgan fingerprint density at radius 3 is 2.33 bits per heavy atom. The molecule has 222 valence electrons. The van der Waals surface area contributed by atoms with Crippen molar-refractivity contribution in [1.82, 2.24) is 9.47 Å². The molecular formula is C35H37N3O5. The number of para-hydroxylation sites is 2. The van der Waals surface area contributed by atoms with Crippen LogP contribution in [0.2, 0.25) is 0 Å². The molecule has 2 heterocycles. The van der Waals surface area contributed by atoms with Crippen molar-refractivity contribution < 1.29 is 23.8 Å². The molecule has 3 aromatic carbocycles. The number of unbranched alkanes of at least 4 members (excludes halogenated alkanes) is 1. The molecule has 4 aromatic rings. The lowest BCUT2D eigenvalue weighted by Gasteiger charge is -2.40. The number of rotatable bonds is 11. The van der Waals surface area contributed by atoms with E-state index < -0.39 is 6.04 Å². The van der Waals surface area contributed by atoms with E-state index in [4.69, 9.17) is 14.2 Å². The summed E-state index contributed by atoms with van der Waals surface area (Å²) in [5, 5.41) is 0. The predicted molar refractivity (Wildman–Crippen MR) is 166 cm³/mol. The summed E-state index contributed by atoms with van der Waals surface area (Å²) in [6.45, 7) is 2.72. The van der Waals surface area contributed by atoms with Crippen LogP contribution in [0.1, 0.15) is 60.3 Å². The number of fused-ring (bicyclic) bond motifs is 3. The zero-order valence-corrected chi connectivity index (χ0v) is 24.9. The fourth-order valence-corrected chi connectivity index (χ4v) is 5.78. The van der Waals surface area contributed by atoms with Crippen LogP contribution in [0.4, 0.5) is 5.69 Å². The van der Waals surface area contributed by atoms with Crippen LogP contribution in [0, 0.1) is 0 Å². The summed E-state index contributed by atoms with van der Waals surface area (Å²) in [6, 6.07) is 24.3. The molecule has 0 radical (unpaired) electrons. The highest BCUT2D eigenvalue weighted by Crippen LogP contribution is 2.45. The van der Waals surface area contributed by atoms with Gasteiger partial charge >= 0.3 is 0 Å². The molecule has 0 spiro atoms. The molecule has 1 aliphatic carbocycles. The number of hydrogen-bond acceptors (Lipinski definition) is 5. The van der Waals surface area contributed by atoms with E-state index in [-0.39, 0.29) is 24.4 Å². The molecule has 0 unspecified atom stereocenters. The zero-order chi connectivity index (χ0) is 29.9. The number of benzene rings is 3. The van der Waals surface area contributed by atoms with E-state index in [2.05, 4.69) is 11.5 Å². The Hall–Kier alpha value is -4.72. The number of anilines is 1. The second-order valence-corrected chi connectivity index (χ2v) is 11.0. The molecule has 1 fully saturated rings. The normalized spacial score (nSPS) is 15.3. The van der Waals surface area contributed by atoms with Gasteiger partial charge in [-0.1, -0.05) is 25.5 Å². The molecular weight excluding hydrogens is 542 g/mol. The van der Waals surface area contributed by atoms with Gasteiger partial charge < -0.3 is 23.7 Å². The molecule has 2 aliphatic rings. The average Bonchev–Trinajstić information content (AvgIpc) is 3.77. The van der Waals surface area contributed by atoms with Crippen molar-refractivity contribution >= 4 is 17.5 Å². The standard InChI is InChI=1S/C35H37N3O5/c1-4-5-21-43-26-16-12-24(13-17-26)35(40)37(25-14-15-25)23-33(39)38-30-10-7-6-9-29(30)36-20-8-11-31(36)34(38)28-22-27(41-2)18-19-32(28)42-3/h6-13,16-20,22,25,34H,4-5,14-15,21,23H2,1-3H3/t34-/m0/s1. The van der Waals surface area contributed by atoms with Crippen molar-refractivity contribution in [2.45, 2.75) is 44.7 Å². The fraction of sp³-hybridized carbons (Fsp3) is 0.314. The van der Waals surface area contributed by atoms with Crippen LogP contribution in [0.25, 0.3) is 5.69 Å². The Labute approximate surface area is 252 Å². The summed E-state index contributed by atoms with van der Waals surface area (Å²) in [7, 11) is 3.25. The Morgan fingerprint density at radius 1 is 0.884 bits per heavy atom. The maximum absolute atomic E-state index is 14.5. The first-order chi connectivity index (χ1) is 21.0. The van der Waals surface area contributed by atoms with Gasteiger partial charge in [-0.25, -0.2) is 0 Å². The third-order valence-corrected chi connectivity index (χ3v) is 8.14. The SMILES string of the molecule is CCCCOc1ccc(C(=O)N(CC(=O)N2c3ccccc3-n3cccc3[C@@H]2c2cc(OC)ccc2OC)C2CC2)cc1. The van der Waals surface area contributed by atoms with Gasteiger partial charge in [-0.2, -0.15) is 0 Å². The van der Waals surface area contributed by atoms with Crippen LogP contribution in [0.15, 0.2) is 85.1 Å². The molecule has 43 heavy (non-hydrogen) atoms. The van der Waals surface area contributed by atoms with Gasteiger partial charge in [-0.15, -0.1) is 0 Å². The largest absolute Gasteiger partial charge is 0.497 e. The number of carbonyl (C=O) groups is 2. The quantitative estimate of drug-likeness (QED) is 0.192. The Balaban J connectivity index is 1.35. The first kappa shape index (κ1) is 28.4. The highest BCUT2D eigenvalue weighted by molar-refractivity contribution is 6.03. The van der Waals surface area contributed by atoms with E-state index in [1.165, 1.54) is 0 Å². The minimum absolute atomic E-state index is 0.0330. The van der Waals surface area contributed by atoms with Gasteiger partial charge in [0.05, 0.1) is 37.9 Å². The maximum Gasteiger partial charge on any atom is 0.254 e. The van der Waals surface area contributed by atoms with Crippen LogP contribution < -0.4 is 19.1 Å². The lowest BCUT2D eigenvalue weighted by molar-refractivity contribution is -0.119. The highest BCUT2D eigenvalue weighted by Gasteiger charge is 2.41. The first-order valence-corrected chi connectivity index (χ1v) is 14.9. The molecule has 0 bridgehead atoms. The smallest absolute Gasteiger partial charge is 0.254 e. The van der Waals surface area contributed by atoms with Gasteiger partial charge in [-0.05, 0) is 86.0 Å². The molecule has 1 aromatic heterocycles. The summed E-state index contributed by atoms with van der Waals surface area (Å²) in [5.74, 6) is 1.72. The second kappa shape index (κ2) is 12.3. The van der Waals surface area contributed by atoms with E-state index in [0.29, 0.717) is 23.7 Å². The molecule has 8 nitrogen and oxygen atoms in total. The highest BCUT2D eigenvalue weighted by atomic mass is 16.5. The molecule has 1 atom stereocenters. The van der Waals surface area contributed by atoms with Gasteiger partial charge in [0.25, 0.3) is 5.91 Å². The van der Waals surface area contributed by atoms with Gasteiger partial charge in [0, 0.05) is 23.4 Å². The summed E-state index contributed by atoms with van der Waals surface area (Å²) in [6.07, 6.45) is 5.80. The van der Waals surface area contributed by atoms with Gasteiger partial charge in [0.15, 0.2) is 0 Å². The monoisotopic (exact) mass is 579 g/mol. The van der Waals surface area contributed by atoms with Crippen molar-refractivity contribution in [1.29, 1.82) is 0 Å². The Kier molecular flexibility index (Phi) is 8.09. The van der Waals surface area contributed by atoms with E-state index in [0.717, 1.165) is 54.1 Å². The third-order valence-electron chi connectivity index (χ3n) is 8.14. The van der Waals surface area contributed by atoms with E-state index in [1.807, 2.05) is 77.8 Å². The first-order valence-electron chi connectivity index (χ1n) is 14.9. The van der Waals surface area contributed by atoms with Crippen molar-refractivity contribution in [3.05, 3.63) is 102 Å². The van der Waals surface area contributed by atoms with Crippen LogP contribution >= 0.6 is 0 Å². The van der Waals surface area contributed by atoms with Crippen LogP contribution in [-0.4, -0.2) is 54.7 Å². The predicted octanol–water partition coefficient (Wildman–Crippen LogP) is 6.41. The van der Waals surface area contributed by atoms with Gasteiger partial charge in [-0.3, -0.25) is 14.5 Å². The van der Waals surface area contributed by atoms with Gasteiger partial charge in [0.2, 0.25) is 5.91 Å². The van der Waals surface area contributed by atoms with Crippen molar-refractivity contribution in [3.63, 3.8) is 0 Å². The Morgan fingerprint density at radius 2 is 1.63 bits per heavy atom. The number of amides is 2. The molecule has 6 rings (SSSR count). The van der Waals surface area contributed by atoms with Crippen LogP contribution in [0.5, 0.6) is 17.2 Å². The fourth-order valence-electron chi connectivity index (χ4n) is 5.78. The number of methoxy groups -OCH3 is 2. The summed E-state index contributed by atoms with van der Waals surface area (Å²) in [5.41, 5.74) is 3.93. The lowest BCUT2D eigenvalue weighted by atomic mass is 9.96. The topological polar surface area (TPSA) is 73.2 Å². The van der Waals surface area contributed by atoms with Crippen molar-refractivity contribution in [2.24, 2.45) is 0 Å². The molecule has 2 amide bonds. The van der Waals surface area contributed by atoms with Crippen molar-refractivity contribution in [3.8, 4) is 22.9 Å². The molecule has 0 N–H and O–H groups in total. The number of ether oxygens (including phenoxy) is 3. The maximum atomic E-state index is 14.5. The Bertz CT molecular complexity index is 1610. The van der Waals surface area contributed by atoms with Crippen LogP contribution in [0.3, 0.4) is 0 Å². The summed E-state index contributed by atoms with van der Waals surface area (Å²) < 4.78 is 19.3. The molecule has 1 saturated carbocycles. The van der Waals surface area contributed by atoms with Crippen molar-refractivity contribution in [2.75, 3.05) is 32.3 Å². The minimum Gasteiger partial charge on any atom is -0.497 e. The summed E-state index contributed by atoms with van der Waals surface area (Å²) >= 11 is 0. The third kappa shape index (κ3) is 5.57. The molecule has 8 heteroatoms. The average molecular weight is 580 g/mol. The minimum atomic E-state index is -0.502. The lowest BCUT2D eigenvalue weighted by Crippen LogP contribution is -2.47.